The predicted octanol–water partition coefficient (Wildman–Crippen LogP) is 4.55. The van der Waals surface area contributed by atoms with Crippen LogP contribution < -0.4 is 0 Å². The van der Waals surface area contributed by atoms with Crippen molar-refractivity contribution in [3.63, 3.8) is 0 Å². The third kappa shape index (κ3) is 3.55. The fourth-order valence-corrected chi connectivity index (χ4v) is 2.88. The molecule has 3 aromatic rings. The number of aromatic nitrogens is 1. The average molecular weight is 369 g/mol. The highest BCUT2D eigenvalue weighted by Crippen LogP contribution is 2.37. The Morgan fingerprint density at radius 3 is 2.60 bits per heavy atom. The van der Waals surface area contributed by atoms with Gasteiger partial charge in [-0.05, 0) is 25.1 Å². The van der Waals surface area contributed by atoms with Gasteiger partial charge in [-0.25, -0.2) is 9.78 Å². The smallest absolute Gasteiger partial charge is 0.434 e. The van der Waals surface area contributed by atoms with Crippen molar-refractivity contribution in [2.24, 2.45) is 0 Å². The van der Waals surface area contributed by atoms with E-state index in [2.05, 4.69) is 9.72 Å². The molecule has 1 aromatic carbocycles. The Morgan fingerprint density at radius 2 is 2.00 bits per heavy atom. The number of nitrogens with zero attached hydrogens (tertiary/aromatic N) is 1. The number of rotatable bonds is 4. The molecular formula is C16H10F3NO4S. The molecule has 0 fully saturated rings. The van der Waals surface area contributed by atoms with Crippen molar-refractivity contribution in [3.8, 4) is 0 Å². The van der Waals surface area contributed by atoms with Crippen LogP contribution in [0, 0.1) is 0 Å². The van der Waals surface area contributed by atoms with Gasteiger partial charge in [0.25, 0.3) is 6.10 Å². The van der Waals surface area contributed by atoms with E-state index in [0.29, 0.717) is 0 Å². The Morgan fingerprint density at radius 1 is 1.28 bits per heavy atom. The molecule has 0 aliphatic rings. The number of hydrogen-bond acceptors (Lipinski definition) is 6. The normalized spacial score (nSPS) is 13.0. The lowest BCUT2D eigenvalue weighted by Crippen LogP contribution is -2.26. The monoisotopic (exact) mass is 369 g/mol. The van der Waals surface area contributed by atoms with Crippen LogP contribution in [0.3, 0.4) is 0 Å². The number of Topliss-reactive ketones (excluding diaryl/α,β-unsaturated/α-hetero) is 1. The molecule has 0 aliphatic carbocycles. The fourth-order valence-electron chi connectivity index (χ4n) is 2.05. The summed E-state index contributed by atoms with van der Waals surface area (Å²) in [5.74, 6) is -2.27. The minimum atomic E-state index is -4.91. The number of carbonyl (C=O) groups excluding carboxylic acids is 2. The molecule has 0 spiro atoms. The first-order chi connectivity index (χ1) is 11.8. The Bertz CT molecular complexity index is 911. The van der Waals surface area contributed by atoms with Crippen molar-refractivity contribution in [2.75, 3.05) is 0 Å². The number of para-hydroxylation sites is 2. The molecule has 0 saturated carbocycles. The first kappa shape index (κ1) is 17.2. The molecule has 2 heterocycles. The highest BCUT2D eigenvalue weighted by Gasteiger charge is 2.48. The number of thiophene rings is 1. The third-order valence-corrected chi connectivity index (χ3v) is 4.17. The molecule has 130 valence electrons. The van der Waals surface area contributed by atoms with Gasteiger partial charge in [0.1, 0.15) is 10.4 Å². The molecule has 0 bridgehead atoms. The summed E-state index contributed by atoms with van der Waals surface area (Å²) in [5, 5.41) is 1.38. The van der Waals surface area contributed by atoms with Crippen LogP contribution in [0.4, 0.5) is 13.2 Å². The van der Waals surface area contributed by atoms with E-state index in [1.807, 2.05) is 0 Å². The number of alkyl halides is 3. The largest absolute Gasteiger partial charge is 0.438 e. The summed E-state index contributed by atoms with van der Waals surface area (Å²) in [6, 6.07) is 7.31. The fraction of sp³-hybridized carbons (Fsp3) is 0.188. The number of esters is 1. The molecule has 5 nitrogen and oxygen atoms in total. The minimum Gasteiger partial charge on any atom is -0.438 e. The van der Waals surface area contributed by atoms with Gasteiger partial charge in [-0.2, -0.15) is 13.2 Å². The van der Waals surface area contributed by atoms with Gasteiger partial charge in [-0.1, -0.05) is 12.1 Å². The van der Waals surface area contributed by atoms with E-state index < -0.39 is 24.1 Å². The maximum atomic E-state index is 13.3. The molecule has 3 rings (SSSR count). The number of ether oxygens (including phenoxy) is 1. The summed E-state index contributed by atoms with van der Waals surface area (Å²) in [7, 11) is 0. The summed E-state index contributed by atoms with van der Waals surface area (Å²) in [4.78, 5) is 26.9. The topological polar surface area (TPSA) is 69.4 Å². The van der Waals surface area contributed by atoms with Crippen molar-refractivity contribution in [3.05, 3.63) is 52.0 Å². The highest BCUT2D eigenvalue weighted by molar-refractivity contribution is 7.12. The second kappa shape index (κ2) is 6.32. The van der Waals surface area contributed by atoms with E-state index in [9.17, 15) is 22.8 Å². The van der Waals surface area contributed by atoms with E-state index in [1.54, 1.807) is 12.1 Å². The third-order valence-electron chi connectivity index (χ3n) is 3.26. The summed E-state index contributed by atoms with van der Waals surface area (Å²) < 4.78 is 49.6. The standard InChI is InChI=1S/C16H10F3NO4S/c1-8(21)9-6-12(25-7-9)15(22)24-13(16(17,18)19)14-20-10-4-2-3-5-11(10)23-14/h2-7,13H,1H3/t13-/m1/s1. The lowest BCUT2D eigenvalue weighted by Gasteiger charge is -2.17. The second-order valence-corrected chi connectivity index (χ2v) is 6.01. The Labute approximate surface area is 143 Å². The van der Waals surface area contributed by atoms with Crippen LogP contribution in [0.25, 0.3) is 11.1 Å². The van der Waals surface area contributed by atoms with Crippen LogP contribution >= 0.6 is 11.3 Å². The van der Waals surface area contributed by atoms with E-state index >= 15 is 0 Å². The van der Waals surface area contributed by atoms with Gasteiger partial charge >= 0.3 is 12.1 Å². The zero-order chi connectivity index (χ0) is 18.2. The molecule has 2 aromatic heterocycles. The SMILES string of the molecule is CC(=O)c1csc(C(=O)O[C@H](c2nc3ccccc3o2)C(F)(F)F)c1. The molecule has 0 unspecified atom stereocenters. The lowest BCUT2D eigenvalue weighted by molar-refractivity contribution is -0.213. The maximum Gasteiger partial charge on any atom is 0.434 e. The van der Waals surface area contributed by atoms with Crippen molar-refractivity contribution in [1.82, 2.24) is 4.98 Å². The van der Waals surface area contributed by atoms with E-state index in [0.717, 1.165) is 11.3 Å². The zero-order valence-corrected chi connectivity index (χ0v) is 13.5. The second-order valence-electron chi connectivity index (χ2n) is 5.10. The van der Waals surface area contributed by atoms with Gasteiger partial charge in [-0.15, -0.1) is 11.3 Å². The molecule has 0 radical (unpaired) electrons. The molecule has 0 amide bonds. The van der Waals surface area contributed by atoms with E-state index in [-0.39, 0.29) is 27.3 Å². The van der Waals surface area contributed by atoms with Gasteiger partial charge in [-0.3, -0.25) is 4.79 Å². The molecule has 9 heteroatoms. The van der Waals surface area contributed by atoms with Crippen molar-refractivity contribution in [2.45, 2.75) is 19.2 Å². The molecule has 25 heavy (non-hydrogen) atoms. The van der Waals surface area contributed by atoms with Gasteiger partial charge in [0.15, 0.2) is 11.4 Å². The van der Waals surface area contributed by atoms with Crippen LogP contribution in [0.2, 0.25) is 0 Å². The Balaban J connectivity index is 1.90. The van der Waals surface area contributed by atoms with Crippen molar-refractivity contribution >= 4 is 34.2 Å². The average Bonchev–Trinajstić information content (AvgIpc) is 3.17. The molecule has 0 saturated heterocycles. The van der Waals surface area contributed by atoms with E-state index in [1.165, 1.54) is 30.5 Å². The van der Waals surface area contributed by atoms with Crippen molar-refractivity contribution in [1.29, 1.82) is 0 Å². The number of carbonyl (C=O) groups is 2. The van der Waals surface area contributed by atoms with Gasteiger partial charge in [0, 0.05) is 10.9 Å². The van der Waals surface area contributed by atoms with Gasteiger partial charge in [0.05, 0.1) is 0 Å². The summed E-state index contributed by atoms with van der Waals surface area (Å²) >= 11 is 0.825. The van der Waals surface area contributed by atoms with Crippen LogP contribution in [-0.2, 0) is 4.74 Å². The van der Waals surface area contributed by atoms with Crippen LogP contribution in [-0.4, -0.2) is 22.9 Å². The summed E-state index contributed by atoms with van der Waals surface area (Å²) in [6.45, 7) is 1.29. The lowest BCUT2D eigenvalue weighted by atomic mass is 10.2. The van der Waals surface area contributed by atoms with Crippen LogP contribution in [0.15, 0.2) is 40.1 Å². The Kier molecular flexibility index (Phi) is 4.34. The number of benzene rings is 1. The maximum absolute atomic E-state index is 13.3. The van der Waals surface area contributed by atoms with Gasteiger partial charge in [0.2, 0.25) is 5.89 Å². The molecule has 0 N–H and O–H groups in total. The number of hydrogen-bond donors (Lipinski definition) is 0. The van der Waals surface area contributed by atoms with Crippen molar-refractivity contribution < 1.29 is 31.9 Å². The first-order valence-electron chi connectivity index (χ1n) is 6.98. The number of fused-ring (bicyclic) bond motifs is 1. The Hall–Kier alpha value is -2.68. The number of ketones is 1. The molecular weight excluding hydrogens is 359 g/mol. The molecule has 1 atom stereocenters. The van der Waals surface area contributed by atoms with E-state index in [4.69, 9.17) is 4.42 Å². The summed E-state index contributed by atoms with van der Waals surface area (Å²) in [5.41, 5.74) is 0.595. The number of oxazole rings is 1. The van der Waals surface area contributed by atoms with Crippen LogP contribution in [0.1, 0.15) is 38.9 Å². The first-order valence-corrected chi connectivity index (χ1v) is 7.86. The quantitative estimate of drug-likeness (QED) is 0.498. The van der Waals surface area contributed by atoms with Crippen LogP contribution in [0.5, 0.6) is 0 Å². The number of halogens is 3. The predicted molar refractivity (Wildman–Crippen MR) is 82.5 cm³/mol. The van der Waals surface area contributed by atoms with Gasteiger partial charge < -0.3 is 9.15 Å². The molecule has 0 aliphatic heterocycles. The minimum absolute atomic E-state index is 0.115. The highest BCUT2D eigenvalue weighted by atomic mass is 32.1. The zero-order valence-electron chi connectivity index (χ0n) is 12.7. The summed E-state index contributed by atoms with van der Waals surface area (Å²) in [6.07, 6.45) is -7.55.